The lowest BCUT2D eigenvalue weighted by Crippen LogP contribution is -2.39. The maximum atomic E-state index is 15.0. The number of aromatic nitrogens is 5. The molecule has 2 fully saturated rings. The summed E-state index contributed by atoms with van der Waals surface area (Å²) in [7, 11) is 0. The van der Waals surface area contributed by atoms with E-state index in [0.717, 1.165) is 25.6 Å². The third kappa shape index (κ3) is 4.78. The summed E-state index contributed by atoms with van der Waals surface area (Å²) in [6, 6.07) is 7.25. The predicted molar refractivity (Wildman–Crippen MR) is 149 cm³/mol. The molecule has 6 rings (SSSR count). The second kappa shape index (κ2) is 10.2. The highest BCUT2D eigenvalue weighted by Gasteiger charge is 2.32. The number of fused-ring (bicyclic) bond motifs is 3. The molecule has 1 amide bonds. The van der Waals surface area contributed by atoms with Crippen LogP contribution in [0, 0.1) is 25.5 Å². The topological polar surface area (TPSA) is 101 Å². The lowest BCUT2D eigenvalue weighted by atomic mass is 10.1. The number of nitrogens with one attached hydrogen (secondary N) is 2. The van der Waals surface area contributed by atoms with Crippen molar-refractivity contribution in [3.63, 3.8) is 0 Å². The van der Waals surface area contributed by atoms with Crippen LogP contribution < -0.4 is 10.6 Å². The molecular formula is C29H32F2N8O. The first kappa shape index (κ1) is 26.2. The van der Waals surface area contributed by atoms with E-state index < -0.39 is 11.6 Å². The van der Waals surface area contributed by atoms with Gasteiger partial charge >= 0.3 is 0 Å². The van der Waals surface area contributed by atoms with E-state index in [1.165, 1.54) is 12.5 Å². The van der Waals surface area contributed by atoms with Crippen molar-refractivity contribution in [1.29, 1.82) is 0 Å². The second-order valence-electron chi connectivity index (χ2n) is 11.0. The average molecular weight is 547 g/mol. The van der Waals surface area contributed by atoms with Gasteiger partial charge in [-0.3, -0.25) is 4.79 Å². The van der Waals surface area contributed by atoms with Gasteiger partial charge in [0.25, 0.3) is 5.91 Å². The van der Waals surface area contributed by atoms with Gasteiger partial charge in [-0.2, -0.15) is 0 Å². The van der Waals surface area contributed by atoms with Gasteiger partial charge in [-0.15, -0.1) is 0 Å². The highest BCUT2D eigenvalue weighted by Crippen LogP contribution is 2.30. The first-order chi connectivity index (χ1) is 19.2. The van der Waals surface area contributed by atoms with E-state index >= 15 is 4.39 Å². The summed E-state index contributed by atoms with van der Waals surface area (Å²) in [5.41, 5.74) is 2.16. The summed E-state index contributed by atoms with van der Waals surface area (Å²) in [6.45, 7) is 8.99. The average Bonchev–Trinajstić information content (AvgIpc) is 3.42. The lowest BCUT2D eigenvalue weighted by Gasteiger charge is -2.25. The van der Waals surface area contributed by atoms with Crippen molar-refractivity contribution in [2.45, 2.75) is 65.1 Å². The van der Waals surface area contributed by atoms with Crippen molar-refractivity contribution < 1.29 is 13.6 Å². The van der Waals surface area contributed by atoms with E-state index in [-0.39, 0.29) is 34.7 Å². The molecule has 3 aromatic heterocycles. The molecule has 2 saturated heterocycles. The fourth-order valence-corrected chi connectivity index (χ4v) is 5.96. The van der Waals surface area contributed by atoms with Gasteiger partial charge in [0.15, 0.2) is 11.6 Å². The number of imidazole rings is 1. The third-order valence-electron chi connectivity index (χ3n) is 7.83. The standard InChI is InChI=1S/C29H32F2N8O/c1-15(2)39-17(4)34-27-22(30)11-18(12-24(27)39)26-23(31)13-32-29(37-26)36-25-8-7-21(16(3)33-25)28(40)38-10-9-19-5-6-20(14-38)35-19/h7-8,11-13,15,19-20,35H,5-6,9-10,14H2,1-4H3,(H,32,33,36,37). The zero-order valence-corrected chi connectivity index (χ0v) is 23.0. The quantitative estimate of drug-likeness (QED) is 0.360. The van der Waals surface area contributed by atoms with Crippen LogP contribution in [0.1, 0.15) is 61.0 Å². The van der Waals surface area contributed by atoms with Gasteiger partial charge < -0.3 is 20.1 Å². The van der Waals surface area contributed by atoms with Crippen LogP contribution in [-0.2, 0) is 0 Å². The Morgan fingerprint density at radius 1 is 1.05 bits per heavy atom. The van der Waals surface area contributed by atoms with Crippen LogP contribution in [-0.4, -0.2) is 60.5 Å². The number of hydrogen-bond acceptors (Lipinski definition) is 7. The molecule has 0 saturated carbocycles. The second-order valence-corrected chi connectivity index (χ2v) is 11.0. The van der Waals surface area contributed by atoms with Crippen LogP contribution in [0.2, 0.25) is 0 Å². The zero-order chi connectivity index (χ0) is 28.1. The summed E-state index contributed by atoms with van der Waals surface area (Å²) < 4.78 is 31.8. The lowest BCUT2D eigenvalue weighted by molar-refractivity contribution is 0.0747. The normalized spacial score (nSPS) is 18.9. The summed E-state index contributed by atoms with van der Waals surface area (Å²) in [5.74, 6) is -0.0611. The number of likely N-dealkylation sites (tertiary alicyclic amines) is 1. The number of pyridine rings is 1. The Hall–Kier alpha value is -3.99. The molecule has 11 heteroatoms. The SMILES string of the molecule is Cc1nc(Nc2ncc(F)c(-c3cc(F)c4nc(C)n(C(C)C)c4c3)n2)ccc1C(=O)N1CCC2CCC(C1)N2. The summed E-state index contributed by atoms with van der Waals surface area (Å²) in [5, 5.41) is 6.59. The molecule has 2 aliphatic heterocycles. The minimum Gasteiger partial charge on any atom is -0.337 e. The molecule has 2 aliphatic rings. The molecule has 2 bridgehead atoms. The number of carbonyl (C=O) groups is 1. The Kier molecular flexibility index (Phi) is 6.69. The number of nitrogens with zero attached hydrogens (tertiary/aromatic N) is 6. The smallest absolute Gasteiger partial charge is 0.255 e. The minimum absolute atomic E-state index is 0.0282. The zero-order valence-electron chi connectivity index (χ0n) is 23.0. The molecule has 0 spiro atoms. The van der Waals surface area contributed by atoms with E-state index in [9.17, 15) is 9.18 Å². The van der Waals surface area contributed by atoms with Crippen molar-refractivity contribution in [3.8, 4) is 11.3 Å². The van der Waals surface area contributed by atoms with Crippen molar-refractivity contribution >= 4 is 28.7 Å². The highest BCUT2D eigenvalue weighted by molar-refractivity contribution is 5.95. The molecule has 0 radical (unpaired) electrons. The number of anilines is 2. The monoisotopic (exact) mass is 546 g/mol. The molecule has 0 aliphatic carbocycles. The Morgan fingerprint density at radius 2 is 1.85 bits per heavy atom. The third-order valence-corrected chi connectivity index (χ3v) is 7.83. The predicted octanol–water partition coefficient (Wildman–Crippen LogP) is 5.07. The molecule has 1 aromatic carbocycles. The summed E-state index contributed by atoms with van der Waals surface area (Å²) in [4.78, 5) is 32.5. The molecule has 2 unspecified atom stereocenters. The number of rotatable bonds is 5. The van der Waals surface area contributed by atoms with Crippen LogP contribution in [0.4, 0.5) is 20.5 Å². The molecule has 5 heterocycles. The molecule has 9 nitrogen and oxygen atoms in total. The van der Waals surface area contributed by atoms with Gasteiger partial charge in [-0.1, -0.05) is 0 Å². The van der Waals surface area contributed by atoms with E-state index in [2.05, 4.69) is 30.6 Å². The van der Waals surface area contributed by atoms with E-state index in [1.54, 1.807) is 25.1 Å². The first-order valence-electron chi connectivity index (χ1n) is 13.7. The van der Waals surface area contributed by atoms with E-state index in [4.69, 9.17) is 0 Å². The molecule has 208 valence electrons. The van der Waals surface area contributed by atoms with Crippen molar-refractivity contribution in [1.82, 2.24) is 34.7 Å². The van der Waals surface area contributed by atoms with Gasteiger partial charge in [0.2, 0.25) is 5.95 Å². The van der Waals surface area contributed by atoms with Crippen LogP contribution in [0.3, 0.4) is 0 Å². The number of halogens is 2. The van der Waals surface area contributed by atoms with E-state index in [0.29, 0.717) is 47.0 Å². The largest absolute Gasteiger partial charge is 0.337 e. The van der Waals surface area contributed by atoms with Gasteiger partial charge in [0.05, 0.1) is 23.0 Å². The maximum absolute atomic E-state index is 15.0. The first-order valence-corrected chi connectivity index (χ1v) is 13.7. The molecule has 40 heavy (non-hydrogen) atoms. The van der Waals surface area contributed by atoms with Crippen LogP contribution in [0.25, 0.3) is 22.3 Å². The van der Waals surface area contributed by atoms with Crippen LogP contribution >= 0.6 is 0 Å². The fraction of sp³-hybridized carbons (Fsp3) is 0.414. The molecule has 4 aromatic rings. The molecule has 2 atom stereocenters. The highest BCUT2D eigenvalue weighted by atomic mass is 19.1. The Balaban J connectivity index is 1.26. The Bertz CT molecular complexity index is 1620. The van der Waals surface area contributed by atoms with E-state index in [1.807, 2.05) is 30.2 Å². The fourth-order valence-electron chi connectivity index (χ4n) is 5.96. The summed E-state index contributed by atoms with van der Waals surface area (Å²) in [6.07, 6.45) is 4.26. The number of benzene rings is 1. The van der Waals surface area contributed by atoms with Crippen LogP contribution in [0.15, 0.2) is 30.5 Å². The van der Waals surface area contributed by atoms with Gasteiger partial charge in [-0.25, -0.2) is 28.7 Å². The molecule has 2 N–H and O–H groups in total. The summed E-state index contributed by atoms with van der Waals surface area (Å²) >= 11 is 0. The maximum Gasteiger partial charge on any atom is 0.255 e. The van der Waals surface area contributed by atoms with Gasteiger partial charge in [0, 0.05) is 36.8 Å². The molecular weight excluding hydrogens is 514 g/mol. The number of carbonyl (C=O) groups excluding carboxylic acids is 1. The minimum atomic E-state index is -0.678. The Morgan fingerprint density at radius 3 is 2.62 bits per heavy atom. The van der Waals surface area contributed by atoms with Gasteiger partial charge in [-0.05, 0) is 71.2 Å². The Labute approximate surface area is 231 Å². The van der Waals surface area contributed by atoms with Crippen molar-refractivity contribution in [2.75, 3.05) is 18.4 Å². The number of amides is 1. The van der Waals surface area contributed by atoms with Crippen molar-refractivity contribution in [3.05, 3.63) is 59.2 Å². The van der Waals surface area contributed by atoms with Crippen molar-refractivity contribution in [2.24, 2.45) is 0 Å². The van der Waals surface area contributed by atoms with Gasteiger partial charge in [0.1, 0.15) is 22.9 Å². The van der Waals surface area contributed by atoms with Crippen LogP contribution in [0.5, 0.6) is 0 Å². The number of aryl methyl sites for hydroxylation is 2. The number of hydrogen-bond donors (Lipinski definition) is 2.